The molecule has 0 bridgehead atoms. The Morgan fingerprint density at radius 1 is 1.50 bits per heavy atom. The van der Waals surface area contributed by atoms with Crippen LogP contribution in [0.15, 0.2) is 0 Å². The molecule has 0 atom stereocenters. The summed E-state index contributed by atoms with van der Waals surface area (Å²) in [5.74, 6) is 0.162. The van der Waals surface area contributed by atoms with Crippen LogP contribution in [-0.4, -0.2) is 23.9 Å². The molecule has 0 unspecified atom stereocenters. The van der Waals surface area contributed by atoms with Crippen molar-refractivity contribution in [2.45, 2.75) is 33.1 Å². The molecule has 0 spiro atoms. The van der Waals surface area contributed by atoms with Gasteiger partial charge in [-0.05, 0) is 13.3 Å². The quantitative estimate of drug-likeness (QED) is 0.625. The van der Waals surface area contributed by atoms with Gasteiger partial charge in [-0.1, -0.05) is 6.92 Å². The van der Waals surface area contributed by atoms with Gasteiger partial charge in [0.1, 0.15) is 0 Å². The van der Waals surface area contributed by atoms with E-state index in [4.69, 9.17) is 5.26 Å². The molecule has 0 aliphatic rings. The summed E-state index contributed by atoms with van der Waals surface area (Å²) in [6.45, 7) is 5.20. The topological polar surface area (TPSA) is 44.1 Å². The lowest BCUT2D eigenvalue weighted by Gasteiger charge is -2.18. The molecule has 0 N–H and O–H groups in total. The maximum atomic E-state index is 11.3. The third kappa shape index (κ3) is 3.97. The second-order valence-corrected chi connectivity index (χ2v) is 2.63. The predicted molar refractivity (Wildman–Crippen MR) is 47.4 cm³/mol. The molecule has 3 heteroatoms. The summed E-state index contributed by atoms with van der Waals surface area (Å²) in [4.78, 5) is 13.0. The van der Waals surface area contributed by atoms with Crippen LogP contribution in [0.5, 0.6) is 0 Å². The highest BCUT2D eigenvalue weighted by Gasteiger charge is 2.08. The Hall–Kier alpha value is -1.04. The van der Waals surface area contributed by atoms with Gasteiger partial charge in [-0.25, -0.2) is 0 Å². The minimum absolute atomic E-state index is 0.162. The maximum absolute atomic E-state index is 11.3. The molecule has 0 heterocycles. The van der Waals surface area contributed by atoms with Gasteiger partial charge in [0.2, 0.25) is 5.91 Å². The summed E-state index contributed by atoms with van der Waals surface area (Å²) in [5, 5.41) is 8.33. The Bertz CT molecular complexity index is 172. The van der Waals surface area contributed by atoms with Crippen LogP contribution in [0.1, 0.15) is 33.1 Å². The average molecular weight is 168 g/mol. The van der Waals surface area contributed by atoms with Gasteiger partial charge < -0.3 is 4.90 Å². The molecule has 12 heavy (non-hydrogen) atoms. The van der Waals surface area contributed by atoms with Crippen LogP contribution in [-0.2, 0) is 4.79 Å². The first-order chi connectivity index (χ1) is 5.76. The molecule has 0 radical (unpaired) electrons. The van der Waals surface area contributed by atoms with Crippen LogP contribution < -0.4 is 0 Å². The summed E-state index contributed by atoms with van der Waals surface area (Å²) < 4.78 is 0. The van der Waals surface area contributed by atoms with Crippen molar-refractivity contribution in [3.63, 3.8) is 0 Å². The predicted octanol–water partition coefficient (Wildman–Crippen LogP) is 1.55. The van der Waals surface area contributed by atoms with E-state index >= 15 is 0 Å². The first-order valence-electron chi connectivity index (χ1n) is 4.41. The van der Waals surface area contributed by atoms with Gasteiger partial charge in [-0.3, -0.25) is 4.79 Å². The third-order valence-electron chi connectivity index (χ3n) is 1.69. The fourth-order valence-electron chi connectivity index (χ4n) is 1.02. The third-order valence-corrected chi connectivity index (χ3v) is 1.69. The fraction of sp³-hybridized carbons (Fsp3) is 0.778. The van der Waals surface area contributed by atoms with Crippen molar-refractivity contribution in [2.24, 2.45) is 0 Å². The smallest absolute Gasteiger partial charge is 0.222 e. The zero-order valence-electron chi connectivity index (χ0n) is 7.84. The minimum atomic E-state index is 0.162. The van der Waals surface area contributed by atoms with Crippen molar-refractivity contribution < 1.29 is 4.79 Å². The Kier molecular flexibility index (Phi) is 6.08. The largest absolute Gasteiger partial charge is 0.342 e. The van der Waals surface area contributed by atoms with Gasteiger partial charge in [-0.2, -0.15) is 5.26 Å². The molecule has 0 fully saturated rings. The van der Waals surface area contributed by atoms with Gasteiger partial charge in [0, 0.05) is 19.5 Å². The van der Waals surface area contributed by atoms with Crippen LogP contribution in [0.4, 0.5) is 0 Å². The zero-order chi connectivity index (χ0) is 9.40. The number of amides is 1. The van der Waals surface area contributed by atoms with Crippen molar-refractivity contribution in [2.75, 3.05) is 13.1 Å². The molecule has 3 nitrogen and oxygen atoms in total. The first-order valence-corrected chi connectivity index (χ1v) is 4.41. The van der Waals surface area contributed by atoms with Crippen LogP contribution in [0.2, 0.25) is 0 Å². The number of hydrogen-bond acceptors (Lipinski definition) is 2. The average Bonchev–Trinajstić information content (AvgIpc) is 2.06. The lowest BCUT2D eigenvalue weighted by molar-refractivity contribution is -0.130. The van der Waals surface area contributed by atoms with Crippen molar-refractivity contribution in [1.29, 1.82) is 5.26 Å². The molecule has 0 saturated carbocycles. The van der Waals surface area contributed by atoms with Crippen molar-refractivity contribution in [3.05, 3.63) is 0 Å². The summed E-state index contributed by atoms with van der Waals surface area (Å²) in [7, 11) is 0. The Morgan fingerprint density at radius 2 is 2.17 bits per heavy atom. The van der Waals surface area contributed by atoms with E-state index in [2.05, 4.69) is 0 Å². The van der Waals surface area contributed by atoms with Gasteiger partial charge in [0.25, 0.3) is 0 Å². The monoisotopic (exact) mass is 168 g/mol. The Morgan fingerprint density at radius 3 is 2.58 bits per heavy atom. The highest BCUT2D eigenvalue weighted by Crippen LogP contribution is 1.98. The first kappa shape index (κ1) is 11.0. The van der Waals surface area contributed by atoms with E-state index in [9.17, 15) is 4.79 Å². The molecule has 0 aromatic rings. The summed E-state index contributed by atoms with van der Waals surface area (Å²) in [6.07, 6.45) is 1.91. The lowest BCUT2D eigenvalue weighted by atomic mass is 10.3. The second-order valence-electron chi connectivity index (χ2n) is 2.63. The van der Waals surface area contributed by atoms with Crippen LogP contribution in [0.25, 0.3) is 0 Å². The normalized spacial score (nSPS) is 9.08. The SMILES string of the molecule is CCCC(=O)N(CC)CCC#N. The molecule has 0 rings (SSSR count). The molecule has 0 aromatic carbocycles. The summed E-state index contributed by atoms with van der Waals surface area (Å²) in [6, 6.07) is 2.04. The Balaban J connectivity index is 3.80. The van der Waals surface area contributed by atoms with Gasteiger partial charge in [0.05, 0.1) is 12.5 Å². The highest BCUT2D eigenvalue weighted by atomic mass is 16.2. The van der Waals surface area contributed by atoms with Gasteiger partial charge in [-0.15, -0.1) is 0 Å². The fourth-order valence-corrected chi connectivity index (χ4v) is 1.02. The number of carbonyl (C=O) groups excluding carboxylic acids is 1. The van der Waals surface area contributed by atoms with Gasteiger partial charge >= 0.3 is 0 Å². The summed E-state index contributed by atoms with van der Waals surface area (Å²) >= 11 is 0. The standard InChI is InChI=1S/C9H16N2O/c1-3-6-9(12)11(4-2)8-5-7-10/h3-6,8H2,1-2H3. The molecule has 1 amide bonds. The molecular formula is C9H16N2O. The van der Waals surface area contributed by atoms with Gasteiger partial charge in [0.15, 0.2) is 0 Å². The van der Waals surface area contributed by atoms with Crippen molar-refractivity contribution in [3.8, 4) is 6.07 Å². The second kappa shape index (κ2) is 6.66. The number of rotatable bonds is 5. The van der Waals surface area contributed by atoms with E-state index in [0.29, 0.717) is 25.9 Å². The van der Waals surface area contributed by atoms with E-state index in [1.807, 2.05) is 19.9 Å². The van der Waals surface area contributed by atoms with E-state index in [1.54, 1.807) is 4.90 Å². The van der Waals surface area contributed by atoms with E-state index in [0.717, 1.165) is 6.42 Å². The van der Waals surface area contributed by atoms with Crippen molar-refractivity contribution >= 4 is 5.91 Å². The number of nitrogens with zero attached hydrogens (tertiary/aromatic N) is 2. The van der Waals surface area contributed by atoms with Crippen LogP contribution in [0.3, 0.4) is 0 Å². The molecular weight excluding hydrogens is 152 g/mol. The van der Waals surface area contributed by atoms with Crippen molar-refractivity contribution in [1.82, 2.24) is 4.90 Å². The van der Waals surface area contributed by atoms with Crippen LogP contribution >= 0.6 is 0 Å². The molecule has 0 aliphatic carbocycles. The van der Waals surface area contributed by atoms with E-state index in [1.165, 1.54) is 0 Å². The molecule has 0 aliphatic heterocycles. The molecule has 68 valence electrons. The Labute approximate surface area is 74.0 Å². The molecule has 0 saturated heterocycles. The number of hydrogen-bond donors (Lipinski definition) is 0. The van der Waals surface area contributed by atoms with E-state index in [-0.39, 0.29) is 5.91 Å². The van der Waals surface area contributed by atoms with Crippen LogP contribution in [0, 0.1) is 11.3 Å². The number of carbonyl (C=O) groups is 1. The minimum Gasteiger partial charge on any atom is -0.342 e. The zero-order valence-corrected chi connectivity index (χ0v) is 7.84. The number of nitriles is 1. The lowest BCUT2D eigenvalue weighted by Crippen LogP contribution is -2.31. The maximum Gasteiger partial charge on any atom is 0.222 e. The van der Waals surface area contributed by atoms with E-state index < -0.39 is 0 Å². The summed E-state index contributed by atoms with van der Waals surface area (Å²) in [5.41, 5.74) is 0. The highest BCUT2D eigenvalue weighted by molar-refractivity contribution is 5.76. The molecule has 0 aromatic heterocycles.